The molecule has 8 nitrogen and oxygen atoms in total. The largest absolute Gasteiger partial charge is 0.465 e. The van der Waals surface area contributed by atoms with E-state index in [-0.39, 0.29) is 11.5 Å². The first kappa shape index (κ1) is 21.0. The lowest BCUT2D eigenvalue weighted by molar-refractivity contribution is 0.0599. The molecular formula is C22H24N4O4. The molecule has 0 aliphatic rings. The molecule has 156 valence electrons. The molecule has 1 aromatic carbocycles. The first-order valence-electron chi connectivity index (χ1n) is 9.63. The van der Waals surface area contributed by atoms with Crippen molar-refractivity contribution in [1.82, 2.24) is 15.0 Å². The van der Waals surface area contributed by atoms with Gasteiger partial charge in [-0.15, -0.1) is 0 Å². The lowest BCUT2D eigenvalue weighted by atomic mass is 10.0. The zero-order chi connectivity index (χ0) is 21.8. The number of aromatic nitrogens is 3. The average Bonchev–Trinajstić information content (AvgIpc) is 3.03. The highest BCUT2D eigenvalue weighted by molar-refractivity contribution is 6.07. The van der Waals surface area contributed by atoms with Crippen molar-refractivity contribution in [3.05, 3.63) is 68.9 Å². The number of nitrogens with zero attached hydrogens (tertiary/aromatic N) is 1. The Morgan fingerprint density at radius 1 is 1.17 bits per heavy atom. The number of benzene rings is 1. The first-order chi connectivity index (χ1) is 14.3. The number of aryl methyl sites for hydroxylation is 2. The Kier molecular flexibility index (Phi) is 6.15. The second-order valence-electron chi connectivity index (χ2n) is 6.99. The van der Waals surface area contributed by atoms with E-state index in [1.54, 1.807) is 38.1 Å². The fraction of sp³-hybridized carbons (Fsp3) is 0.273. The van der Waals surface area contributed by atoms with Crippen molar-refractivity contribution < 1.29 is 14.3 Å². The maximum Gasteiger partial charge on any atom is 0.339 e. The minimum atomic E-state index is -0.470. The molecular weight excluding hydrogens is 384 g/mol. The van der Waals surface area contributed by atoms with Crippen molar-refractivity contribution in [2.45, 2.75) is 33.6 Å². The molecule has 0 aliphatic heterocycles. The minimum Gasteiger partial charge on any atom is -0.465 e. The van der Waals surface area contributed by atoms with Crippen molar-refractivity contribution in [1.29, 1.82) is 0 Å². The topological polar surface area (TPSA) is 117 Å². The Hall–Kier alpha value is -3.68. The summed E-state index contributed by atoms with van der Waals surface area (Å²) < 4.78 is 4.87. The fourth-order valence-electron chi connectivity index (χ4n) is 3.40. The Morgan fingerprint density at radius 2 is 1.93 bits per heavy atom. The summed E-state index contributed by atoms with van der Waals surface area (Å²) in [6, 6.07) is 8.44. The Labute approximate surface area is 173 Å². The predicted molar refractivity (Wildman–Crippen MR) is 114 cm³/mol. The third-order valence-electron chi connectivity index (χ3n) is 4.67. The van der Waals surface area contributed by atoms with Gasteiger partial charge in [-0.2, -0.15) is 0 Å². The van der Waals surface area contributed by atoms with Crippen LogP contribution < -0.4 is 10.9 Å². The van der Waals surface area contributed by atoms with Gasteiger partial charge in [0.2, 0.25) is 0 Å². The van der Waals surface area contributed by atoms with Crippen LogP contribution in [0.4, 0.5) is 5.69 Å². The van der Waals surface area contributed by atoms with Gasteiger partial charge in [0.1, 0.15) is 11.5 Å². The lowest BCUT2D eigenvalue weighted by Crippen LogP contribution is -2.15. The van der Waals surface area contributed by atoms with E-state index in [9.17, 15) is 14.4 Å². The van der Waals surface area contributed by atoms with Crippen molar-refractivity contribution >= 4 is 17.6 Å². The van der Waals surface area contributed by atoms with Gasteiger partial charge in [-0.1, -0.05) is 25.5 Å². The zero-order valence-electron chi connectivity index (χ0n) is 17.4. The van der Waals surface area contributed by atoms with E-state index < -0.39 is 5.97 Å². The van der Waals surface area contributed by atoms with Crippen LogP contribution in [0.5, 0.6) is 0 Å². The van der Waals surface area contributed by atoms with Crippen molar-refractivity contribution in [3.63, 3.8) is 0 Å². The molecule has 0 fully saturated rings. The third-order valence-corrected chi connectivity index (χ3v) is 4.67. The maximum absolute atomic E-state index is 13.0. The van der Waals surface area contributed by atoms with Gasteiger partial charge >= 0.3 is 5.97 Å². The van der Waals surface area contributed by atoms with Gasteiger partial charge in [-0.3, -0.25) is 9.59 Å². The number of anilines is 1. The van der Waals surface area contributed by atoms with Crippen LogP contribution in [0, 0.1) is 13.8 Å². The predicted octanol–water partition coefficient (Wildman–Crippen LogP) is 3.37. The number of nitrogens with one attached hydrogen (secondary N) is 3. The van der Waals surface area contributed by atoms with Crippen LogP contribution in [0.2, 0.25) is 0 Å². The highest BCUT2D eigenvalue weighted by atomic mass is 16.5. The smallest absolute Gasteiger partial charge is 0.339 e. The number of carbonyl (C=O) groups excluding carboxylic acids is 2. The van der Waals surface area contributed by atoms with E-state index in [1.807, 2.05) is 6.92 Å². The molecule has 0 saturated heterocycles. The molecule has 0 spiro atoms. The summed E-state index contributed by atoms with van der Waals surface area (Å²) in [7, 11) is 1.32. The molecule has 0 atom stereocenters. The highest BCUT2D eigenvalue weighted by Crippen LogP contribution is 2.24. The van der Waals surface area contributed by atoms with Crippen LogP contribution in [0.25, 0.3) is 11.4 Å². The summed E-state index contributed by atoms with van der Waals surface area (Å²) in [5.74, 6) is -0.409. The number of amides is 1. The van der Waals surface area contributed by atoms with Crippen LogP contribution in [-0.4, -0.2) is 33.9 Å². The van der Waals surface area contributed by atoms with Crippen molar-refractivity contribution in [2.75, 3.05) is 12.4 Å². The molecule has 0 aliphatic carbocycles. The number of aromatic amines is 2. The lowest BCUT2D eigenvalue weighted by Gasteiger charge is -2.09. The molecule has 3 rings (SSSR count). The molecule has 0 saturated carbocycles. The van der Waals surface area contributed by atoms with Gasteiger partial charge < -0.3 is 20.0 Å². The van der Waals surface area contributed by atoms with E-state index in [0.717, 1.165) is 6.42 Å². The number of hydrogen-bond donors (Lipinski definition) is 3. The second kappa shape index (κ2) is 8.77. The summed E-state index contributed by atoms with van der Waals surface area (Å²) in [6.07, 6.45) is 1.33. The molecule has 3 N–H and O–H groups in total. The van der Waals surface area contributed by atoms with E-state index >= 15 is 0 Å². The summed E-state index contributed by atoms with van der Waals surface area (Å²) >= 11 is 0. The van der Waals surface area contributed by atoms with Crippen LogP contribution in [-0.2, 0) is 11.2 Å². The van der Waals surface area contributed by atoms with Crippen LogP contribution >= 0.6 is 0 Å². The molecule has 0 unspecified atom stereocenters. The molecule has 1 amide bonds. The van der Waals surface area contributed by atoms with Gasteiger partial charge in [0.05, 0.1) is 12.7 Å². The summed E-state index contributed by atoms with van der Waals surface area (Å²) in [4.78, 5) is 46.9. The Balaban J connectivity index is 1.93. The molecule has 2 heterocycles. The van der Waals surface area contributed by atoms with Crippen LogP contribution in [0.1, 0.15) is 51.1 Å². The van der Waals surface area contributed by atoms with E-state index in [1.165, 1.54) is 13.2 Å². The number of carbonyl (C=O) groups is 2. The first-order valence-corrected chi connectivity index (χ1v) is 9.63. The Morgan fingerprint density at radius 3 is 2.60 bits per heavy atom. The minimum absolute atomic E-state index is 0.242. The molecule has 0 bridgehead atoms. The van der Waals surface area contributed by atoms with Gasteiger partial charge in [-0.05, 0) is 38.0 Å². The van der Waals surface area contributed by atoms with Crippen LogP contribution in [0.3, 0.4) is 0 Å². The van der Waals surface area contributed by atoms with Gasteiger partial charge in [0.25, 0.3) is 11.5 Å². The summed E-state index contributed by atoms with van der Waals surface area (Å²) in [6.45, 7) is 5.46. The van der Waals surface area contributed by atoms with Gasteiger partial charge in [0, 0.05) is 28.7 Å². The van der Waals surface area contributed by atoms with Crippen LogP contribution in [0.15, 0.2) is 35.1 Å². The van der Waals surface area contributed by atoms with E-state index in [4.69, 9.17) is 4.74 Å². The normalized spacial score (nSPS) is 10.7. The quantitative estimate of drug-likeness (QED) is 0.541. The third kappa shape index (κ3) is 4.32. The monoisotopic (exact) mass is 408 g/mol. The van der Waals surface area contributed by atoms with E-state index in [0.29, 0.717) is 51.7 Å². The molecule has 0 radical (unpaired) electrons. The van der Waals surface area contributed by atoms with E-state index in [2.05, 4.69) is 20.3 Å². The summed E-state index contributed by atoms with van der Waals surface area (Å²) in [5.41, 5.74) is 3.53. The average molecular weight is 408 g/mol. The number of ether oxygens (including phenoxy) is 1. The van der Waals surface area contributed by atoms with Crippen molar-refractivity contribution in [3.8, 4) is 11.4 Å². The second-order valence-corrected chi connectivity index (χ2v) is 6.99. The molecule has 8 heteroatoms. The SMILES string of the molecule is CCCc1c(C(=O)Nc2cccc(-c3nc(C)cc(=O)[nH]3)c2)[nH]c(C)c1C(=O)OC. The number of hydrogen-bond acceptors (Lipinski definition) is 5. The molecule has 3 aromatic rings. The highest BCUT2D eigenvalue weighted by Gasteiger charge is 2.24. The number of methoxy groups -OCH3 is 1. The molecule has 2 aromatic heterocycles. The fourth-order valence-corrected chi connectivity index (χ4v) is 3.40. The van der Waals surface area contributed by atoms with Gasteiger partial charge in [0.15, 0.2) is 0 Å². The Bertz CT molecular complexity index is 1160. The maximum atomic E-state index is 13.0. The zero-order valence-corrected chi connectivity index (χ0v) is 17.4. The van der Waals surface area contributed by atoms with Gasteiger partial charge in [-0.25, -0.2) is 9.78 Å². The van der Waals surface area contributed by atoms with Crippen molar-refractivity contribution in [2.24, 2.45) is 0 Å². The number of rotatable bonds is 6. The molecule has 30 heavy (non-hydrogen) atoms. The number of esters is 1. The standard InChI is InChI=1S/C22H24N4O4/c1-5-7-16-18(22(29)30-4)13(3)24-19(16)21(28)25-15-9-6-8-14(11-15)20-23-12(2)10-17(27)26-20/h6,8-11,24H,5,7H2,1-4H3,(H,25,28)(H,23,26,27). The summed E-state index contributed by atoms with van der Waals surface area (Å²) in [5, 5.41) is 2.85. The number of H-pyrrole nitrogens is 2.